The van der Waals surface area contributed by atoms with E-state index in [0.29, 0.717) is 18.4 Å². The Morgan fingerprint density at radius 3 is 2.52 bits per heavy atom. The molecule has 0 spiro atoms. The molecule has 4 N–H and O–H groups in total. The lowest BCUT2D eigenvalue weighted by atomic mass is 9.96. The third-order valence-electron chi connectivity index (χ3n) is 5.19. The van der Waals surface area contributed by atoms with Crippen LogP contribution >= 0.6 is 0 Å². The predicted octanol–water partition coefficient (Wildman–Crippen LogP) is 2.78. The van der Waals surface area contributed by atoms with E-state index in [0.717, 1.165) is 37.2 Å². The lowest BCUT2D eigenvalue weighted by Crippen LogP contribution is -2.37. The van der Waals surface area contributed by atoms with Crippen LogP contribution in [0.3, 0.4) is 0 Å². The van der Waals surface area contributed by atoms with E-state index in [4.69, 9.17) is 10.8 Å². The molecule has 2 heterocycles. The van der Waals surface area contributed by atoms with Crippen LogP contribution in [0.25, 0.3) is 11.1 Å². The molecule has 27 heavy (non-hydrogen) atoms. The van der Waals surface area contributed by atoms with E-state index in [1.54, 1.807) is 0 Å². The Morgan fingerprint density at radius 1 is 1.26 bits per heavy atom. The maximum atomic E-state index is 13.4. The summed E-state index contributed by atoms with van der Waals surface area (Å²) in [5.41, 5.74) is 8.67. The summed E-state index contributed by atoms with van der Waals surface area (Å²) in [5, 5.41) is 18.2. The molecule has 0 bridgehead atoms. The molecule has 0 aliphatic carbocycles. The van der Waals surface area contributed by atoms with Gasteiger partial charge in [0.25, 0.3) is 0 Å². The number of aromatic hydroxyl groups is 1. The van der Waals surface area contributed by atoms with E-state index in [9.17, 15) is 14.3 Å². The van der Waals surface area contributed by atoms with E-state index in [1.807, 2.05) is 24.3 Å². The zero-order valence-corrected chi connectivity index (χ0v) is 15.0. The van der Waals surface area contributed by atoms with Gasteiger partial charge in [0.1, 0.15) is 0 Å². The Labute approximate surface area is 157 Å². The number of benzene rings is 1. The number of piperidine rings is 1. The van der Waals surface area contributed by atoms with E-state index in [-0.39, 0.29) is 12.0 Å². The van der Waals surface area contributed by atoms with Gasteiger partial charge < -0.3 is 20.8 Å². The van der Waals surface area contributed by atoms with E-state index < -0.39 is 17.7 Å². The fourth-order valence-electron chi connectivity index (χ4n) is 3.40. The van der Waals surface area contributed by atoms with Gasteiger partial charge in [-0.3, -0.25) is 4.79 Å². The summed E-state index contributed by atoms with van der Waals surface area (Å²) in [7, 11) is 0. The molecular formula is C20H24FN3O3. The van der Waals surface area contributed by atoms with Gasteiger partial charge in [0.15, 0.2) is 5.82 Å². The van der Waals surface area contributed by atoms with Crippen LogP contribution in [0.2, 0.25) is 0 Å². The first-order chi connectivity index (χ1) is 12.9. The second-order valence-electron chi connectivity index (χ2n) is 7.00. The minimum absolute atomic E-state index is 0.120. The third-order valence-corrected chi connectivity index (χ3v) is 5.19. The average Bonchev–Trinajstić information content (AvgIpc) is 2.68. The van der Waals surface area contributed by atoms with Crippen molar-refractivity contribution >= 4 is 5.97 Å². The number of nitrogens with zero attached hydrogens (tertiary/aromatic N) is 2. The topological polar surface area (TPSA) is 99.7 Å². The van der Waals surface area contributed by atoms with Crippen molar-refractivity contribution in [3.8, 4) is 17.0 Å². The van der Waals surface area contributed by atoms with Crippen molar-refractivity contribution in [3.63, 3.8) is 0 Å². The number of carbonyl (C=O) groups is 1. The first kappa shape index (κ1) is 19.3. The van der Waals surface area contributed by atoms with E-state index in [1.165, 1.54) is 12.3 Å². The molecule has 0 amide bonds. The molecule has 7 heteroatoms. The van der Waals surface area contributed by atoms with Crippen LogP contribution < -0.4 is 5.73 Å². The van der Waals surface area contributed by atoms with Gasteiger partial charge in [-0.05, 0) is 56.1 Å². The first-order valence-electron chi connectivity index (χ1n) is 9.09. The predicted molar refractivity (Wildman–Crippen MR) is 99.6 cm³/mol. The van der Waals surface area contributed by atoms with Crippen LogP contribution in [-0.4, -0.2) is 45.7 Å². The van der Waals surface area contributed by atoms with Gasteiger partial charge >= 0.3 is 5.97 Å². The van der Waals surface area contributed by atoms with Gasteiger partial charge in [0, 0.05) is 17.8 Å². The minimum Gasteiger partial charge on any atom is -0.491 e. The second kappa shape index (κ2) is 8.45. The number of hydrogen-bond acceptors (Lipinski definition) is 5. The average molecular weight is 373 g/mol. The molecule has 3 rings (SSSR count). The fourth-order valence-corrected chi connectivity index (χ4v) is 3.40. The number of aromatic nitrogens is 1. The fraction of sp³-hybridized carbons (Fsp3) is 0.400. The quantitative estimate of drug-likeness (QED) is 0.720. The molecule has 1 atom stereocenters. The van der Waals surface area contributed by atoms with Crippen LogP contribution in [0, 0.1) is 11.7 Å². The standard InChI is InChI=1S/C20H24FN3O3/c21-17-11-16(12-23-19(17)25)13-1-3-14(4-2-13)18(22)7-10-24-8-5-15(6-9-24)20(26)27/h1-4,11-12,15,18H,5-10,22H2,(H,23,25)(H,26,27). The minimum atomic E-state index is -0.750. The normalized spacial score (nSPS) is 17.0. The van der Waals surface area contributed by atoms with Crippen molar-refractivity contribution in [2.45, 2.75) is 25.3 Å². The summed E-state index contributed by atoms with van der Waals surface area (Å²) in [6.07, 6.45) is 3.59. The number of rotatable bonds is 6. The monoisotopic (exact) mass is 373 g/mol. The maximum Gasteiger partial charge on any atom is 0.306 e. The van der Waals surface area contributed by atoms with Gasteiger partial charge in [0.2, 0.25) is 5.88 Å². The molecule has 0 saturated carbocycles. The Balaban J connectivity index is 1.54. The highest BCUT2D eigenvalue weighted by Gasteiger charge is 2.24. The van der Waals surface area contributed by atoms with Gasteiger partial charge in [-0.15, -0.1) is 0 Å². The van der Waals surface area contributed by atoms with Crippen molar-refractivity contribution < 1.29 is 19.4 Å². The largest absolute Gasteiger partial charge is 0.491 e. The van der Waals surface area contributed by atoms with Gasteiger partial charge in [-0.2, -0.15) is 0 Å². The Kier molecular flexibility index (Phi) is 6.03. The van der Waals surface area contributed by atoms with Crippen molar-refractivity contribution in [1.29, 1.82) is 0 Å². The summed E-state index contributed by atoms with van der Waals surface area (Å²) in [5.74, 6) is -2.28. The molecule has 1 aliphatic rings. The van der Waals surface area contributed by atoms with Gasteiger partial charge in [-0.25, -0.2) is 9.37 Å². The molecule has 1 aliphatic heterocycles. The number of halogens is 1. The van der Waals surface area contributed by atoms with Crippen molar-refractivity contribution in [2.75, 3.05) is 19.6 Å². The molecule has 2 aromatic rings. The van der Waals surface area contributed by atoms with Crippen LogP contribution in [0.1, 0.15) is 30.9 Å². The van der Waals surface area contributed by atoms with Crippen LogP contribution in [-0.2, 0) is 4.79 Å². The highest BCUT2D eigenvalue weighted by Crippen LogP contribution is 2.25. The molecular weight excluding hydrogens is 349 g/mol. The molecule has 144 valence electrons. The molecule has 6 nitrogen and oxygen atoms in total. The number of likely N-dealkylation sites (tertiary alicyclic amines) is 1. The summed E-state index contributed by atoms with van der Waals surface area (Å²) in [4.78, 5) is 16.9. The highest BCUT2D eigenvalue weighted by atomic mass is 19.1. The molecule has 1 fully saturated rings. The number of aliphatic carboxylic acids is 1. The summed E-state index contributed by atoms with van der Waals surface area (Å²) in [6, 6.07) is 8.69. The Bertz CT molecular complexity index is 790. The van der Waals surface area contributed by atoms with Crippen molar-refractivity contribution in [1.82, 2.24) is 9.88 Å². The summed E-state index contributed by atoms with van der Waals surface area (Å²) < 4.78 is 13.4. The van der Waals surface area contributed by atoms with Gasteiger partial charge in [-0.1, -0.05) is 24.3 Å². The lowest BCUT2D eigenvalue weighted by molar-refractivity contribution is -0.143. The molecule has 1 aromatic heterocycles. The summed E-state index contributed by atoms with van der Waals surface area (Å²) in [6.45, 7) is 2.42. The lowest BCUT2D eigenvalue weighted by Gasteiger charge is -2.30. The molecule has 1 saturated heterocycles. The number of carboxylic acids is 1. The maximum absolute atomic E-state index is 13.4. The highest BCUT2D eigenvalue weighted by molar-refractivity contribution is 5.70. The Hall–Kier alpha value is -2.51. The zero-order valence-electron chi connectivity index (χ0n) is 15.0. The number of carboxylic acid groups (broad SMARTS) is 1. The van der Waals surface area contributed by atoms with Crippen LogP contribution in [0.5, 0.6) is 5.88 Å². The number of hydrogen-bond donors (Lipinski definition) is 3. The molecule has 0 radical (unpaired) electrons. The van der Waals surface area contributed by atoms with Crippen LogP contribution in [0.4, 0.5) is 4.39 Å². The van der Waals surface area contributed by atoms with Crippen molar-refractivity contribution in [3.05, 3.63) is 47.9 Å². The van der Waals surface area contributed by atoms with E-state index in [2.05, 4.69) is 9.88 Å². The Morgan fingerprint density at radius 2 is 1.93 bits per heavy atom. The third kappa shape index (κ3) is 4.81. The van der Waals surface area contributed by atoms with Crippen molar-refractivity contribution in [2.24, 2.45) is 11.7 Å². The zero-order chi connectivity index (χ0) is 19.4. The van der Waals surface area contributed by atoms with Crippen LogP contribution in [0.15, 0.2) is 36.5 Å². The second-order valence-corrected chi connectivity index (χ2v) is 7.00. The SMILES string of the molecule is NC(CCN1CCC(C(=O)O)CC1)c1ccc(-c2cnc(O)c(F)c2)cc1. The molecule has 1 aromatic carbocycles. The van der Waals surface area contributed by atoms with Gasteiger partial charge in [0.05, 0.1) is 5.92 Å². The van der Waals surface area contributed by atoms with E-state index >= 15 is 0 Å². The first-order valence-corrected chi connectivity index (χ1v) is 9.09. The number of nitrogens with two attached hydrogens (primary N) is 1. The molecule has 1 unspecified atom stereocenters. The summed E-state index contributed by atoms with van der Waals surface area (Å²) >= 11 is 0. The smallest absolute Gasteiger partial charge is 0.306 e. The number of pyridine rings is 1.